The summed E-state index contributed by atoms with van der Waals surface area (Å²) in [6.07, 6.45) is 3.12. The van der Waals surface area contributed by atoms with E-state index in [1.807, 2.05) is 6.92 Å². The first-order chi connectivity index (χ1) is 11.5. The van der Waals surface area contributed by atoms with Gasteiger partial charge in [0.2, 0.25) is 0 Å². The number of ether oxygens (including phenoxy) is 2. The highest BCUT2D eigenvalue weighted by Crippen LogP contribution is 2.18. The lowest BCUT2D eigenvalue weighted by molar-refractivity contribution is -0.0464. The van der Waals surface area contributed by atoms with Crippen LogP contribution in [0.2, 0.25) is 0 Å². The van der Waals surface area contributed by atoms with E-state index in [2.05, 4.69) is 0 Å². The van der Waals surface area contributed by atoms with E-state index in [1.165, 1.54) is 18.5 Å². The van der Waals surface area contributed by atoms with E-state index in [0.717, 1.165) is 9.54 Å². The van der Waals surface area contributed by atoms with E-state index in [9.17, 15) is 13.2 Å². The average molecular weight is 349 g/mol. The first kappa shape index (κ1) is 16.9. The molecule has 1 aliphatic heterocycles. The van der Waals surface area contributed by atoms with Crippen molar-refractivity contribution in [1.29, 1.82) is 0 Å². The van der Waals surface area contributed by atoms with Gasteiger partial charge in [0.1, 0.15) is 0 Å². The van der Waals surface area contributed by atoms with Gasteiger partial charge in [-0.25, -0.2) is 12.4 Å². The molecule has 7 heteroatoms. The lowest BCUT2D eigenvalue weighted by Crippen LogP contribution is -2.12. The number of carbonyl (C=O) groups excluding carboxylic acids is 1. The van der Waals surface area contributed by atoms with Crippen molar-refractivity contribution < 1.29 is 22.7 Å². The average Bonchev–Trinajstić information content (AvgIpc) is 3.25. The minimum atomic E-state index is -3.68. The van der Waals surface area contributed by atoms with E-state index in [4.69, 9.17) is 9.47 Å². The molecule has 1 aromatic carbocycles. The molecule has 3 rings (SSSR count). The summed E-state index contributed by atoms with van der Waals surface area (Å²) in [5, 5.41) is 0. The highest BCUT2D eigenvalue weighted by molar-refractivity contribution is 7.90. The third-order valence-electron chi connectivity index (χ3n) is 3.88. The first-order valence-corrected chi connectivity index (χ1v) is 9.17. The Labute approximate surface area is 141 Å². The molecule has 0 N–H and O–H groups in total. The Kier molecular flexibility index (Phi) is 4.84. The number of Topliss-reactive ketones (excluding diaryl/α,β-unsaturated/α-hetero) is 1. The van der Waals surface area contributed by atoms with Crippen LogP contribution >= 0.6 is 0 Å². The maximum absolute atomic E-state index is 12.6. The second-order valence-corrected chi connectivity index (χ2v) is 7.52. The predicted octanol–water partition coefficient (Wildman–Crippen LogP) is 2.37. The van der Waals surface area contributed by atoms with E-state index in [1.54, 1.807) is 24.3 Å². The van der Waals surface area contributed by atoms with Crippen molar-refractivity contribution in [3.8, 4) is 0 Å². The number of hydrogen-bond acceptors (Lipinski definition) is 5. The second kappa shape index (κ2) is 6.88. The molecule has 1 fully saturated rings. The maximum atomic E-state index is 12.6. The number of rotatable bonds is 6. The highest BCUT2D eigenvalue weighted by atomic mass is 32.2. The smallest absolute Gasteiger partial charge is 0.267 e. The molecule has 6 nitrogen and oxygen atoms in total. The molecule has 0 bridgehead atoms. The minimum Gasteiger partial charge on any atom is -0.350 e. The number of aryl methyl sites for hydroxylation is 1. The maximum Gasteiger partial charge on any atom is 0.267 e. The summed E-state index contributed by atoms with van der Waals surface area (Å²) >= 11 is 0. The van der Waals surface area contributed by atoms with Gasteiger partial charge in [0, 0.05) is 30.8 Å². The van der Waals surface area contributed by atoms with Crippen molar-refractivity contribution in [3.05, 3.63) is 53.9 Å². The minimum absolute atomic E-state index is 0.132. The van der Waals surface area contributed by atoms with Gasteiger partial charge in [-0.1, -0.05) is 17.7 Å². The predicted molar refractivity (Wildman–Crippen MR) is 87.5 cm³/mol. The second-order valence-electron chi connectivity index (χ2n) is 5.68. The van der Waals surface area contributed by atoms with Gasteiger partial charge in [-0.05, 0) is 25.1 Å². The van der Waals surface area contributed by atoms with Crippen molar-refractivity contribution in [2.75, 3.05) is 13.2 Å². The fourth-order valence-electron chi connectivity index (χ4n) is 2.49. The topological polar surface area (TPSA) is 74.6 Å². The van der Waals surface area contributed by atoms with Gasteiger partial charge < -0.3 is 9.47 Å². The van der Waals surface area contributed by atoms with E-state index < -0.39 is 10.0 Å². The quantitative estimate of drug-likeness (QED) is 0.749. The molecule has 0 amide bonds. The Morgan fingerprint density at radius 2 is 1.83 bits per heavy atom. The summed E-state index contributed by atoms with van der Waals surface area (Å²) in [5.41, 5.74) is 1.34. The monoisotopic (exact) mass is 349 g/mol. The number of ketones is 1. The van der Waals surface area contributed by atoms with Gasteiger partial charge in [-0.15, -0.1) is 0 Å². The molecule has 0 spiro atoms. The summed E-state index contributed by atoms with van der Waals surface area (Å²) in [7, 11) is -3.68. The van der Waals surface area contributed by atoms with Crippen LogP contribution in [0, 0.1) is 6.92 Å². The summed E-state index contributed by atoms with van der Waals surface area (Å²) in [6, 6.07) is 8.11. The van der Waals surface area contributed by atoms with Crippen LogP contribution < -0.4 is 0 Å². The molecule has 2 aromatic rings. The lowest BCUT2D eigenvalue weighted by atomic mass is 10.1. The molecule has 0 saturated carbocycles. The Hall–Kier alpha value is -1.96. The van der Waals surface area contributed by atoms with Gasteiger partial charge in [0.25, 0.3) is 10.0 Å². The summed E-state index contributed by atoms with van der Waals surface area (Å²) < 4.78 is 36.8. The number of benzene rings is 1. The molecule has 0 unspecified atom stereocenters. The SMILES string of the molecule is Cc1ccc(S(=O)(=O)n2ccc(C(=O)CCC3OCCO3)c2)cc1. The summed E-state index contributed by atoms with van der Waals surface area (Å²) in [6.45, 7) is 2.98. The van der Waals surface area contributed by atoms with Crippen LogP contribution in [-0.2, 0) is 19.5 Å². The molecular weight excluding hydrogens is 330 g/mol. The fourth-order valence-corrected chi connectivity index (χ4v) is 3.69. The molecule has 0 atom stereocenters. The van der Waals surface area contributed by atoms with Crippen LogP contribution in [-0.4, -0.2) is 37.7 Å². The molecule has 1 aliphatic rings. The largest absolute Gasteiger partial charge is 0.350 e. The van der Waals surface area contributed by atoms with Gasteiger partial charge >= 0.3 is 0 Å². The molecule has 1 saturated heterocycles. The van der Waals surface area contributed by atoms with Crippen molar-refractivity contribution >= 4 is 15.8 Å². The number of hydrogen-bond donors (Lipinski definition) is 0. The fraction of sp³-hybridized carbons (Fsp3) is 0.353. The van der Waals surface area contributed by atoms with Gasteiger partial charge in [-0.3, -0.25) is 4.79 Å². The van der Waals surface area contributed by atoms with E-state index in [0.29, 0.717) is 25.2 Å². The third-order valence-corrected chi connectivity index (χ3v) is 5.53. The third kappa shape index (κ3) is 3.58. The van der Waals surface area contributed by atoms with Crippen molar-refractivity contribution in [1.82, 2.24) is 3.97 Å². The molecule has 1 aromatic heterocycles. The Balaban J connectivity index is 1.72. The molecular formula is C17H19NO5S. The number of aromatic nitrogens is 1. The van der Waals surface area contributed by atoms with Crippen LogP contribution in [0.5, 0.6) is 0 Å². The molecule has 0 radical (unpaired) electrons. The zero-order valence-electron chi connectivity index (χ0n) is 13.3. The van der Waals surface area contributed by atoms with E-state index >= 15 is 0 Å². The Morgan fingerprint density at radius 1 is 1.17 bits per heavy atom. The molecule has 128 valence electrons. The first-order valence-electron chi connectivity index (χ1n) is 7.73. The number of carbonyl (C=O) groups is 1. The van der Waals surface area contributed by atoms with E-state index in [-0.39, 0.29) is 23.4 Å². The Bertz CT molecular complexity index is 817. The lowest BCUT2D eigenvalue weighted by Gasteiger charge is -2.07. The van der Waals surface area contributed by atoms with Crippen LogP contribution in [0.15, 0.2) is 47.6 Å². The van der Waals surface area contributed by atoms with Gasteiger partial charge in [0.15, 0.2) is 12.1 Å². The number of nitrogens with zero attached hydrogens (tertiary/aromatic N) is 1. The van der Waals surface area contributed by atoms with Crippen LogP contribution in [0.1, 0.15) is 28.8 Å². The Morgan fingerprint density at radius 3 is 2.50 bits per heavy atom. The van der Waals surface area contributed by atoms with Crippen molar-refractivity contribution in [2.24, 2.45) is 0 Å². The zero-order chi connectivity index (χ0) is 17.2. The molecule has 0 aliphatic carbocycles. The van der Waals surface area contributed by atoms with Gasteiger partial charge in [0.05, 0.1) is 18.1 Å². The molecule has 2 heterocycles. The van der Waals surface area contributed by atoms with Crippen LogP contribution in [0.3, 0.4) is 0 Å². The summed E-state index contributed by atoms with van der Waals surface area (Å²) in [5.74, 6) is -0.132. The van der Waals surface area contributed by atoms with Gasteiger partial charge in [-0.2, -0.15) is 0 Å². The summed E-state index contributed by atoms with van der Waals surface area (Å²) in [4.78, 5) is 12.4. The normalized spacial score (nSPS) is 15.7. The highest BCUT2D eigenvalue weighted by Gasteiger charge is 2.20. The van der Waals surface area contributed by atoms with Crippen molar-refractivity contribution in [2.45, 2.75) is 31.0 Å². The van der Waals surface area contributed by atoms with Crippen LogP contribution in [0.25, 0.3) is 0 Å². The molecule has 24 heavy (non-hydrogen) atoms. The standard InChI is InChI=1S/C17H19NO5S/c1-13-2-4-15(5-3-13)24(20,21)18-9-8-14(12-18)16(19)6-7-17-22-10-11-23-17/h2-5,8-9,12,17H,6-7,10-11H2,1H3. The van der Waals surface area contributed by atoms with Crippen molar-refractivity contribution in [3.63, 3.8) is 0 Å². The zero-order valence-corrected chi connectivity index (χ0v) is 14.2. The van der Waals surface area contributed by atoms with Crippen LogP contribution in [0.4, 0.5) is 0 Å².